The Labute approximate surface area is 116 Å². The molecule has 0 unspecified atom stereocenters. The van der Waals surface area contributed by atoms with Crippen LogP contribution in [0.2, 0.25) is 0 Å². The number of thiophene rings is 1. The molecule has 0 spiro atoms. The molecule has 0 N–H and O–H groups in total. The van der Waals surface area contributed by atoms with Crippen LogP contribution in [-0.4, -0.2) is 22.3 Å². The first-order valence-corrected chi connectivity index (χ1v) is 7.47. The van der Waals surface area contributed by atoms with Gasteiger partial charge in [-0.2, -0.15) is 11.3 Å². The smallest absolute Gasteiger partial charge is 0.272 e. The maximum Gasteiger partial charge on any atom is 0.272 e. The fourth-order valence-corrected chi connectivity index (χ4v) is 3.34. The molecule has 1 aliphatic rings. The SMILES string of the molecule is Cc1cccc(C(=O)N2CCC[C@H]2c2ccsc2)n1. The second-order valence-electron chi connectivity index (χ2n) is 4.88. The molecule has 1 fully saturated rings. The van der Waals surface area contributed by atoms with Gasteiger partial charge < -0.3 is 4.90 Å². The summed E-state index contributed by atoms with van der Waals surface area (Å²) in [5.74, 6) is 0.0531. The zero-order chi connectivity index (χ0) is 13.2. The van der Waals surface area contributed by atoms with Crippen LogP contribution in [0.15, 0.2) is 35.0 Å². The first-order valence-electron chi connectivity index (χ1n) is 6.52. The third kappa shape index (κ3) is 2.40. The Morgan fingerprint density at radius 3 is 3.05 bits per heavy atom. The van der Waals surface area contributed by atoms with E-state index in [1.165, 1.54) is 5.56 Å². The van der Waals surface area contributed by atoms with Gasteiger partial charge in [-0.3, -0.25) is 4.79 Å². The average molecular weight is 272 g/mol. The summed E-state index contributed by atoms with van der Waals surface area (Å²) >= 11 is 1.68. The molecule has 2 aromatic heterocycles. The van der Waals surface area contributed by atoms with Crippen molar-refractivity contribution in [3.63, 3.8) is 0 Å². The van der Waals surface area contributed by atoms with Crippen molar-refractivity contribution in [3.05, 3.63) is 52.0 Å². The van der Waals surface area contributed by atoms with E-state index in [2.05, 4.69) is 21.8 Å². The Morgan fingerprint density at radius 1 is 1.42 bits per heavy atom. The number of aromatic nitrogens is 1. The molecule has 0 saturated carbocycles. The van der Waals surface area contributed by atoms with Gasteiger partial charge in [0.05, 0.1) is 6.04 Å². The van der Waals surface area contributed by atoms with Crippen molar-refractivity contribution in [1.29, 1.82) is 0 Å². The summed E-state index contributed by atoms with van der Waals surface area (Å²) in [6, 6.07) is 7.95. The summed E-state index contributed by atoms with van der Waals surface area (Å²) < 4.78 is 0. The van der Waals surface area contributed by atoms with E-state index in [0.29, 0.717) is 5.69 Å². The molecule has 3 rings (SSSR count). The molecule has 0 bridgehead atoms. The minimum Gasteiger partial charge on any atom is -0.330 e. The fraction of sp³-hybridized carbons (Fsp3) is 0.333. The van der Waals surface area contributed by atoms with E-state index in [-0.39, 0.29) is 11.9 Å². The summed E-state index contributed by atoms with van der Waals surface area (Å²) in [4.78, 5) is 18.9. The lowest BCUT2D eigenvalue weighted by atomic mass is 10.1. The molecule has 0 aromatic carbocycles. The molecular formula is C15H16N2OS. The number of likely N-dealkylation sites (tertiary alicyclic amines) is 1. The first-order chi connectivity index (χ1) is 9.25. The summed E-state index contributed by atoms with van der Waals surface area (Å²) in [6.07, 6.45) is 2.12. The molecule has 19 heavy (non-hydrogen) atoms. The Morgan fingerprint density at radius 2 is 2.32 bits per heavy atom. The number of rotatable bonds is 2. The molecule has 3 nitrogen and oxygen atoms in total. The van der Waals surface area contributed by atoms with Crippen molar-refractivity contribution in [2.45, 2.75) is 25.8 Å². The minimum atomic E-state index is 0.0531. The van der Waals surface area contributed by atoms with Crippen molar-refractivity contribution in [2.24, 2.45) is 0 Å². The quantitative estimate of drug-likeness (QED) is 0.839. The highest BCUT2D eigenvalue weighted by Crippen LogP contribution is 2.33. The normalized spacial score (nSPS) is 18.8. The summed E-state index contributed by atoms with van der Waals surface area (Å²) in [6.45, 7) is 2.74. The topological polar surface area (TPSA) is 33.2 Å². The molecule has 1 amide bonds. The van der Waals surface area contributed by atoms with Gasteiger partial charge in [-0.1, -0.05) is 6.07 Å². The highest BCUT2D eigenvalue weighted by molar-refractivity contribution is 7.07. The molecule has 1 aliphatic heterocycles. The highest BCUT2D eigenvalue weighted by atomic mass is 32.1. The summed E-state index contributed by atoms with van der Waals surface area (Å²) in [7, 11) is 0. The van der Waals surface area contributed by atoms with Crippen molar-refractivity contribution < 1.29 is 4.79 Å². The van der Waals surface area contributed by atoms with E-state index >= 15 is 0 Å². The molecule has 3 heterocycles. The minimum absolute atomic E-state index is 0.0531. The lowest BCUT2D eigenvalue weighted by Gasteiger charge is -2.24. The molecule has 2 aromatic rings. The molecule has 1 saturated heterocycles. The predicted molar refractivity (Wildman–Crippen MR) is 76.3 cm³/mol. The van der Waals surface area contributed by atoms with Gasteiger partial charge in [-0.15, -0.1) is 0 Å². The monoisotopic (exact) mass is 272 g/mol. The van der Waals surface area contributed by atoms with Gasteiger partial charge >= 0.3 is 0 Å². The predicted octanol–water partition coefficient (Wildman–Crippen LogP) is 3.43. The maximum atomic E-state index is 12.6. The number of pyridine rings is 1. The molecular weight excluding hydrogens is 256 g/mol. The van der Waals surface area contributed by atoms with Crippen LogP contribution in [0.1, 0.15) is 40.6 Å². The largest absolute Gasteiger partial charge is 0.330 e. The van der Waals surface area contributed by atoms with Crippen molar-refractivity contribution in [3.8, 4) is 0 Å². The number of amides is 1. The highest BCUT2D eigenvalue weighted by Gasteiger charge is 2.31. The number of nitrogens with zero attached hydrogens (tertiary/aromatic N) is 2. The third-order valence-electron chi connectivity index (χ3n) is 3.55. The zero-order valence-electron chi connectivity index (χ0n) is 10.9. The van der Waals surface area contributed by atoms with Crippen LogP contribution in [0, 0.1) is 6.92 Å². The van der Waals surface area contributed by atoms with E-state index in [0.717, 1.165) is 25.1 Å². The number of aryl methyl sites for hydroxylation is 1. The number of carbonyl (C=O) groups is 1. The zero-order valence-corrected chi connectivity index (χ0v) is 11.7. The lowest BCUT2D eigenvalue weighted by Crippen LogP contribution is -2.31. The van der Waals surface area contributed by atoms with Crippen molar-refractivity contribution in [2.75, 3.05) is 6.54 Å². The van der Waals surface area contributed by atoms with Gasteiger partial charge in [-0.05, 0) is 54.3 Å². The van der Waals surface area contributed by atoms with Crippen LogP contribution in [-0.2, 0) is 0 Å². The molecule has 0 radical (unpaired) electrons. The third-order valence-corrected chi connectivity index (χ3v) is 4.25. The Bertz CT molecular complexity index is 580. The van der Waals surface area contributed by atoms with E-state index in [1.807, 2.05) is 24.0 Å². The van der Waals surface area contributed by atoms with Crippen LogP contribution in [0.4, 0.5) is 0 Å². The maximum absolute atomic E-state index is 12.6. The van der Waals surface area contributed by atoms with Crippen molar-refractivity contribution in [1.82, 2.24) is 9.88 Å². The van der Waals surface area contributed by atoms with Crippen LogP contribution < -0.4 is 0 Å². The van der Waals surface area contributed by atoms with Gasteiger partial charge in [0, 0.05) is 12.2 Å². The Balaban J connectivity index is 1.87. The molecule has 4 heteroatoms. The number of hydrogen-bond donors (Lipinski definition) is 0. The molecule has 98 valence electrons. The van der Waals surface area contributed by atoms with Crippen LogP contribution in [0.3, 0.4) is 0 Å². The van der Waals surface area contributed by atoms with Gasteiger partial charge in [0.1, 0.15) is 5.69 Å². The average Bonchev–Trinajstić information content (AvgIpc) is 3.08. The summed E-state index contributed by atoms with van der Waals surface area (Å²) in [5.41, 5.74) is 2.70. The van der Waals surface area contributed by atoms with Gasteiger partial charge in [0.25, 0.3) is 5.91 Å². The summed E-state index contributed by atoms with van der Waals surface area (Å²) in [5, 5.41) is 4.21. The van der Waals surface area contributed by atoms with Crippen molar-refractivity contribution >= 4 is 17.2 Å². The van der Waals surface area contributed by atoms with Crippen LogP contribution >= 0.6 is 11.3 Å². The standard InChI is InChI=1S/C15H16N2OS/c1-11-4-2-5-13(16-11)15(18)17-8-3-6-14(17)12-7-9-19-10-12/h2,4-5,7,9-10,14H,3,6,8H2,1H3/t14-/m0/s1. The first kappa shape index (κ1) is 12.4. The van der Waals surface area contributed by atoms with Crippen LogP contribution in [0.5, 0.6) is 0 Å². The van der Waals surface area contributed by atoms with E-state index in [1.54, 1.807) is 17.4 Å². The Hall–Kier alpha value is -1.68. The van der Waals surface area contributed by atoms with Gasteiger partial charge in [0.15, 0.2) is 0 Å². The second-order valence-corrected chi connectivity index (χ2v) is 5.66. The molecule has 0 aliphatic carbocycles. The lowest BCUT2D eigenvalue weighted by molar-refractivity contribution is 0.0729. The fourth-order valence-electron chi connectivity index (χ4n) is 2.63. The number of hydrogen-bond acceptors (Lipinski definition) is 3. The van der Waals surface area contributed by atoms with Gasteiger partial charge in [-0.25, -0.2) is 4.98 Å². The second kappa shape index (κ2) is 5.13. The number of carbonyl (C=O) groups excluding carboxylic acids is 1. The van der Waals surface area contributed by atoms with E-state index in [4.69, 9.17) is 0 Å². The van der Waals surface area contributed by atoms with Crippen LogP contribution in [0.25, 0.3) is 0 Å². The van der Waals surface area contributed by atoms with Gasteiger partial charge in [0.2, 0.25) is 0 Å². The Kier molecular flexibility index (Phi) is 3.34. The molecule has 1 atom stereocenters. The van der Waals surface area contributed by atoms with E-state index < -0.39 is 0 Å². The van der Waals surface area contributed by atoms with E-state index in [9.17, 15) is 4.79 Å².